The zero-order valence-corrected chi connectivity index (χ0v) is 9.85. The lowest BCUT2D eigenvalue weighted by Gasteiger charge is -2.36. The van der Waals surface area contributed by atoms with Gasteiger partial charge in [-0.1, -0.05) is 31.4 Å². The van der Waals surface area contributed by atoms with Gasteiger partial charge in [-0.15, -0.1) is 0 Å². The van der Waals surface area contributed by atoms with Gasteiger partial charge in [0.05, 0.1) is 12.2 Å². The second kappa shape index (κ2) is 4.88. The number of aliphatic hydroxyl groups is 1. The van der Waals surface area contributed by atoms with Crippen LogP contribution in [0, 0.1) is 0 Å². The van der Waals surface area contributed by atoms with Crippen LogP contribution in [0.3, 0.4) is 0 Å². The lowest BCUT2D eigenvalue weighted by Crippen LogP contribution is -2.33. The van der Waals surface area contributed by atoms with E-state index in [4.69, 9.17) is 5.11 Å². The van der Waals surface area contributed by atoms with Gasteiger partial charge in [-0.05, 0) is 30.5 Å². The molecule has 0 heterocycles. The summed E-state index contributed by atoms with van der Waals surface area (Å²) in [6.45, 7) is 0.152. The molecule has 0 radical (unpaired) electrons. The Kier molecular flexibility index (Phi) is 3.48. The number of aromatic carboxylic acids is 1. The smallest absolute Gasteiger partial charge is 0.335 e. The molecule has 1 aliphatic rings. The summed E-state index contributed by atoms with van der Waals surface area (Å²) < 4.78 is 0. The van der Waals surface area contributed by atoms with Crippen molar-refractivity contribution in [2.75, 3.05) is 6.61 Å². The molecule has 0 amide bonds. The largest absolute Gasteiger partial charge is 0.478 e. The topological polar surface area (TPSA) is 57.5 Å². The Hall–Kier alpha value is -1.35. The Bertz CT molecular complexity index is 388. The van der Waals surface area contributed by atoms with Crippen LogP contribution in [0.15, 0.2) is 24.3 Å². The normalized spacial score (nSPS) is 18.9. The average molecular weight is 234 g/mol. The van der Waals surface area contributed by atoms with Crippen molar-refractivity contribution in [3.05, 3.63) is 35.4 Å². The van der Waals surface area contributed by atoms with Crippen LogP contribution < -0.4 is 0 Å². The Labute approximate surface area is 101 Å². The van der Waals surface area contributed by atoms with E-state index in [9.17, 15) is 9.90 Å². The number of benzene rings is 1. The maximum atomic E-state index is 10.8. The lowest BCUT2D eigenvalue weighted by molar-refractivity contribution is 0.0697. The number of carbonyl (C=O) groups is 1. The van der Waals surface area contributed by atoms with Crippen molar-refractivity contribution < 1.29 is 15.0 Å². The molecule has 0 saturated heterocycles. The van der Waals surface area contributed by atoms with Crippen LogP contribution in [0.1, 0.15) is 48.0 Å². The first-order valence-corrected chi connectivity index (χ1v) is 6.13. The fourth-order valence-electron chi connectivity index (χ4n) is 2.73. The first-order valence-electron chi connectivity index (χ1n) is 6.13. The van der Waals surface area contributed by atoms with E-state index in [1.165, 1.54) is 6.42 Å². The highest BCUT2D eigenvalue weighted by Gasteiger charge is 2.33. The molecule has 92 valence electrons. The van der Waals surface area contributed by atoms with Crippen LogP contribution in [0.4, 0.5) is 0 Å². The molecule has 17 heavy (non-hydrogen) atoms. The summed E-state index contributed by atoms with van der Waals surface area (Å²) in [5, 5.41) is 18.5. The predicted octanol–water partition coefficient (Wildman–Crippen LogP) is 2.58. The third-order valence-electron chi connectivity index (χ3n) is 3.86. The Balaban J connectivity index is 2.27. The van der Waals surface area contributed by atoms with Gasteiger partial charge in [-0.25, -0.2) is 4.79 Å². The number of hydrogen-bond acceptors (Lipinski definition) is 2. The monoisotopic (exact) mass is 234 g/mol. The van der Waals surface area contributed by atoms with Gasteiger partial charge in [0.1, 0.15) is 0 Å². The van der Waals surface area contributed by atoms with E-state index >= 15 is 0 Å². The molecule has 1 aromatic rings. The van der Waals surface area contributed by atoms with Gasteiger partial charge in [-0.3, -0.25) is 0 Å². The standard InChI is InChI=1S/C14H18O3/c15-10-14(8-2-1-3-9-14)12-6-4-11(5-7-12)13(16)17/h4-7,15H,1-3,8-10H2,(H,16,17). The van der Waals surface area contributed by atoms with E-state index < -0.39 is 5.97 Å². The Morgan fingerprint density at radius 1 is 1.12 bits per heavy atom. The van der Waals surface area contributed by atoms with Gasteiger partial charge in [0.15, 0.2) is 0 Å². The number of hydrogen-bond donors (Lipinski definition) is 2. The highest BCUT2D eigenvalue weighted by molar-refractivity contribution is 5.87. The summed E-state index contributed by atoms with van der Waals surface area (Å²) in [6, 6.07) is 6.96. The Morgan fingerprint density at radius 3 is 2.18 bits per heavy atom. The average Bonchev–Trinajstić information content (AvgIpc) is 2.39. The van der Waals surface area contributed by atoms with E-state index in [1.54, 1.807) is 12.1 Å². The fourth-order valence-corrected chi connectivity index (χ4v) is 2.73. The number of aliphatic hydroxyl groups excluding tert-OH is 1. The molecule has 3 nitrogen and oxygen atoms in total. The molecule has 1 fully saturated rings. The van der Waals surface area contributed by atoms with Gasteiger partial charge >= 0.3 is 5.97 Å². The van der Waals surface area contributed by atoms with Crippen LogP contribution in [-0.4, -0.2) is 22.8 Å². The van der Waals surface area contributed by atoms with Crippen molar-refractivity contribution in [3.8, 4) is 0 Å². The quantitative estimate of drug-likeness (QED) is 0.845. The molecule has 1 aromatic carbocycles. The summed E-state index contributed by atoms with van der Waals surface area (Å²) in [5.41, 5.74) is 1.23. The second-order valence-electron chi connectivity index (χ2n) is 4.88. The molecule has 0 aliphatic heterocycles. The molecule has 0 bridgehead atoms. The van der Waals surface area contributed by atoms with Crippen molar-refractivity contribution >= 4 is 5.97 Å². The molecule has 0 aromatic heterocycles. The van der Waals surface area contributed by atoms with Crippen LogP contribution in [0.5, 0.6) is 0 Å². The molecule has 1 aliphatic carbocycles. The minimum Gasteiger partial charge on any atom is -0.478 e. The van der Waals surface area contributed by atoms with Crippen molar-refractivity contribution in [1.82, 2.24) is 0 Å². The summed E-state index contributed by atoms with van der Waals surface area (Å²) in [4.78, 5) is 10.8. The highest BCUT2D eigenvalue weighted by Crippen LogP contribution is 2.39. The summed E-state index contributed by atoms with van der Waals surface area (Å²) in [7, 11) is 0. The minimum atomic E-state index is -0.904. The van der Waals surface area contributed by atoms with Gasteiger partial charge < -0.3 is 10.2 Å². The second-order valence-corrected chi connectivity index (χ2v) is 4.88. The first-order chi connectivity index (χ1) is 8.18. The maximum absolute atomic E-state index is 10.8. The predicted molar refractivity (Wildman–Crippen MR) is 65.3 cm³/mol. The van der Waals surface area contributed by atoms with Gasteiger partial charge in [-0.2, -0.15) is 0 Å². The zero-order valence-electron chi connectivity index (χ0n) is 9.85. The summed E-state index contributed by atoms with van der Waals surface area (Å²) >= 11 is 0. The van der Waals surface area contributed by atoms with E-state index in [0.29, 0.717) is 5.56 Å². The molecular formula is C14H18O3. The molecule has 0 unspecified atom stereocenters. The van der Waals surface area contributed by atoms with Crippen LogP contribution in [0.25, 0.3) is 0 Å². The van der Waals surface area contributed by atoms with Crippen molar-refractivity contribution in [1.29, 1.82) is 0 Å². The van der Waals surface area contributed by atoms with Crippen molar-refractivity contribution in [3.63, 3.8) is 0 Å². The number of carboxylic acid groups (broad SMARTS) is 1. The Morgan fingerprint density at radius 2 is 1.71 bits per heavy atom. The third kappa shape index (κ3) is 2.34. The van der Waals surface area contributed by atoms with Crippen LogP contribution in [0.2, 0.25) is 0 Å². The lowest BCUT2D eigenvalue weighted by atomic mass is 9.70. The molecule has 0 atom stereocenters. The first kappa shape index (κ1) is 12.1. The van der Waals surface area contributed by atoms with Gasteiger partial charge in [0.2, 0.25) is 0 Å². The van der Waals surface area contributed by atoms with Crippen molar-refractivity contribution in [2.24, 2.45) is 0 Å². The molecule has 0 spiro atoms. The zero-order chi connectivity index (χ0) is 12.3. The molecule has 2 rings (SSSR count). The SMILES string of the molecule is O=C(O)c1ccc(C2(CO)CCCCC2)cc1. The maximum Gasteiger partial charge on any atom is 0.335 e. The summed E-state index contributed by atoms with van der Waals surface area (Å²) in [6.07, 6.45) is 5.50. The van der Waals surface area contributed by atoms with E-state index in [1.807, 2.05) is 12.1 Å². The van der Waals surface area contributed by atoms with Crippen molar-refractivity contribution in [2.45, 2.75) is 37.5 Å². The van der Waals surface area contributed by atoms with E-state index in [2.05, 4.69) is 0 Å². The summed E-state index contributed by atoms with van der Waals surface area (Å²) in [5.74, 6) is -0.904. The third-order valence-corrected chi connectivity index (χ3v) is 3.86. The number of carboxylic acids is 1. The number of rotatable bonds is 3. The fraction of sp³-hybridized carbons (Fsp3) is 0.500. The minimum absolute atomic E-state index is 0.144. The highest BCUT2D eigenvalue weighted by atomic mass is 16.4. The van der Waals surface area contributed by atoms with Gasteiger partial charge in [0.25, 0.3) is 0 Å². The van der Waals surface area contributed by atoms with Crippen LogP contribution >= 0.6 is 0 Å². The van der Waals surface area contributed by atoms with Gasteiger partial charge in [0, 0.05) is 5.41 Å². The molecule has 2 N–H and O–H groups in total. The molecule has 1 saturated carbocycles. The molecular weight excluding hydrogens is 216 g/mol. The van der Waals surface area contributed by atoms with Crippen LogP contribution in [-0.2, 0) is 5.41 Å². The van der Waals surface area contributed by atoms with E-state index in [0.717, 1.165) is 31.2 Å². The van der Waals surface area contributed by atoms with E-state index in [-0.39, 0.29) is 12.0 Å². The molecule has 3 heteroatoms.